The fraction of sp³-hybridized carbons (Fsp3) is 0.250. The van der Waals surface area contributed by atoms with Crippen molar-refractivity contribution in [1.29, 1.82) is 0 Å². The van der Waals surface area contributed by atoms with Crippen LogP contribution in [-0.2, 0) is 6.54 Å². The zero-order valence-electron chi connectivity index (χ0n) is 11.2. The maximum Gasteiger partial charge on any atom is 0.231 e. The Morgan fingerprint density at radius 1 is 1.15 bits per heavy atom. The molecule has 1 aliphatic rings. The molecule has 3 nitrogen and oxygen atoms in total. The lowest BCUT2D eigenvalue weighted by molar-refractivity contribution is 0.174. The summed E-state index contributed by atoms with van der Waals surface area (Å²) in [6, 6.07) is 14.7. The molecule has 0 amide bonds. The Morgan fingerprint density at radius 3 is 2.60 bits per heavy atom. The van der Waals surface area contributed by atoms with Crippen LogP contribution in [0.4, 0.5) is 0 Å². The van der Waals surface area contributed by atoms with E-state index in [0.29, 0.717) is 12.8 Å². The first-order valence-electron chi connectivity index (χ1n) is 6.60. The van der Waals surface area contributed by atoms with Crippen LogP contribution in [0, 0.1) is 0 Å². The molecular formula is C16H16BrNO2. The van der Waals surface area contributed by atoms with Crippen molar-refractivity contribution in [1.82, 2.24) is 5.32 Å². The minimum Gasteiger partial charge on any atom is -0.454 e. The molecule has 20 heavy (non-hydrogen) atoms. The van der Waals surface area contributed by atoms with E-state index in [0.717, 1.165) is 28.1 Å². The van der Waals surface area contributed by atoms with Crippen molar-refractivity contribution in [3.63, 3.8) is 0 Å². The lowest BCUT2D eigenvalue weighted by Gasteiger charge is -2.15. The number of hydrogen-bond acceptors (Lipinski definition) is 3. The predicted octanol–water partition coefficient (Wildman–Crippen LogP) is 4.03. The van der Waals surface area contributed by atoms with Crippen molar-refractivity contribution in [3.05, 3.63) is 58.1 Å². The third-order valence-electron chi connectivity index (χ3n) is 3.44. The molecule has 2 aromatic carbocycles. The second kappa shape index (κ2) is 5.85. The Labute approximate surface area is 127 Å². The van der Waals surface area contributed by atoms with Crippen LogP contribution < -0.4 is 14.8 Å². The Morgan fingerprint density at radius 2 is 1.85 bits per heavy atom. The number of hydrogen-bond donors (Lipinski definition) is 1. The van der Waals surface area contributed by atoms with E-state index < -0.39 is 0 Å². The van der Waals surface area contributed by atoms with Crippen LogP contribution in [-0.4, -0.2) is 6.79 Å². The van der Waals surface area contributed by atoms with Crippen molar-refractivity contribution >= 4 is 15.9 Å². The van der Waals surface area contributed by atoms with Crippen molar-refractivity contribution in [2.45, 2.75) is 19.5 Å². The van der Waals surface area contributed by atoms with Crippen molar-refractivity contribution in [2.75, 3.05) is 6.79 Å². The molecule has 0 radical (unpaired) electrons. The molecule has 4 heteroatoms. The van der Waals surface area contributed by atoms with Crippen LogP contribution in [0.1, 0.15) is 24.1 Å². The fourth-order valence-electron chi connectivity index (χ4n) is 2.22. The van der Waals surface area contributed by atoms with E-state index >= 15 is 0 Å². The molecule has 2 aromatic rings. The fourth-order valence-corrected chi connectivity index (χ4v) is 2.68. The summed E-state index contributed by atoms with van der Waals surface area (Å²) in [5.41, 5.74) is 2.45. The molecule has 0 aromatic heterocycles. The van der Waals surface area contributed by atoms with Crippen LogP contribution in [0.2, 0.25) is 0 Å². The summed E-state index contributed by atoms with van der Waals surface area (Å²) in [7, 11) is 0. The molecule has 0 saturated carbocycles. The van der Waals surface area contributed by atoms with Crippen LogP contribution in [0.15, 0.2) is 46.9 Å². The minimum absolute atomic E-state index is 0.300. The Kier molecular flexibility index (Phi) is 3.94. The van der Waals surface area contributed by atoms with Gasteiger partial charge in [0.25, 0.3) is 0 Å². The standard InChI is InChI=1S/C16H16BrNO2/c1-11(12-5-3-2-4-6-12)18-9-13-7-15-16(8-14(13)17)20-10-19-15/h2-8,11,18H,9-10H2,1H3/t11-/m0/s1. The van der Waals surface area contributed by atoms with E-state index in [-0.39, 0.29) is 0 Å². The van der Waals surface area contributed by atoms with E-state index in [1.807, 2.05) is 18.2 Å². The van der Waals surface area contributed by atoms with Crippen molar-refractivity contribution < 1.29 is 9.47 Å². The van der Waals surface area contributed by atoms with Crippen molar-refractivity contribution in [3.8, 4) is 11.5 Å². The quantitative estimate of drug-likeness (QED) is 0.916. The van der Waals surface area contributed by atoms with Crippen molar-refractivity contribution in [2.24, 2.45) is 0 Å². The highest BCUT2D eigenvalue weighted by atomic mass is 79.9. The molecule has 0 aliphatic carbocycles. The number of halogens is 1. The topological polar surface area (TPSA) is 30.5 Å². The lowest BCUT2D eigenvalue weighted by Crippen LogP contribution is -2.18. The Hall–Kier alpha value is -1.52. The van der Waals surface area contributed by atoms with Gasteiger partial charge in [-0.25, -0.2) is 0 Å². The van der Waals surface area contributed by atoms with Gasteiger partial charge < -0.3 is 14.8 Å². The van der Waals surface area contributed by atoms with Crippen LogP contribution in [0.5, 0.6) is 11.5 Å². The highest BCUT2D eigenvalue weighted by Crippen LogP contribution is 2.37. The van der Waals surface area contributed by atoms with Gasteiger partial charge in [0.1, 0.15) is 0 Å². The predicted molar refractivity (Wildman–Crippen MR) is 82.0 cm³/mol. The normalized spacial score (nSPS) is 14.3. The summed E-state index contributed by atoms with van der Waals surface area (Å²) in [4.78, 5) is 0. The Balaban J connectivity index is 1.70. The zero-order valence-corrected chi connectivity index (χ0v) is 12.8. The first kappa shape index (κ1) is 13.5. The molecule has 3 rings (SSSR count). The third kappa shape index (κ3) is 2.81. The van der Waals surface area contributed by atoms with Gasteiger partial charge in [-0.2, -0.15) is 0 Å². The molecule has 0 bridgehead atoms. The molecular weight excluding hydrogens is 318 g/mol. The van der Waals surface area contributed by atoms with Gasteiger partial charge in [-0.3, -0.25) is 0 Å². The van der Waals surface area contributed by atoms with Gasteiger partial charge in [-0.15, -0.1) is 0 Å². The zero-order chi connectivity index (χ0) is 13.9. The molecule has 0 unspecified atom stereocenters. The maximum atomic E-state index is 5.41. The molecule has 1 atom stereocenters. The van der Waals surface area contributed by atoms with Gasteiger partial charge in [0.05, 0.1) is 0 Å². The molecule has 1 N–H and O–H groups in total. The summed E-state index contributed by atoms with van der Waals surface area (Å²) in [6.45, 7) is 3.24. The first-order chi connectivity index (χ1) is 9.74. The molecule has 1 heterocycles. The average molecular weight is 334 g/mol. The molecule has 0 spiro atoms. The highest BCUT2D eigenvalue weighted by Gasteiger charge is 2.16. The number of fused-ring (bicyclic) bond motifs is 1. The van der Waals surface area contributed by atoms with Gasteiger partial charge >= 0.3 is 0 Å². The minimum atomic E-state index is 0.300. The molecule has 0 saturated heterocycles. The van der Waals surface area contributed by atoms with Gasteiger partial charge in [0, 0.05) is 17.1 Å². The second-order valence-electron chi connectivity index (χ2n) is 4.81. The van der Waals surface area contributed by atoms with E-state index in [4.69, 9.17) is 9.47 Å². The molecule has 104 valence electrons. The lowest BCUT2D eigenvalue weighted by atomic mass is 10.1. The SMILES string of the molecule is C[C@H](NCc1cc2c(cc1Br)OCO2)c1ccccc1. The summed E-state index contributed by atoms with van der Waals surface area (Å²) >= 11 is 3.58. The molecule has 0 fully saturated rings. The number of rotatable bonds is 4. The smallest absolute Gasteiger partial charge is 0.231 e. The Bertz CT molecular complexity index is 601. The monoisotopic (exact) mass is 333 g/mol. The maximum absolute atomic E-state index is 5.41. The third-order valence-corrected chi connectivity index (χ3v) is 4.18. The summed E-state index contributed by atoms with van der Waals surface area (Å²) in [6.07, 6.45) is 0. The van der Waals surface area contributed by atoms with Gasteiger partial charge in [-0.05, 0) is 30.2 Å². The van der Waals surface area contributed by atoms with Gasteiger partial charge in [0.2, 0.25) is 6.79 Å². The molecule has 1 aliphatic heterocycles. The van der Waals surface area contributed by atoms with E-state index in [2.05, 4.69) is 52.4 Å². The van der Waals surface area contributed by atoms with Crippen LogP contribution >= 0.6 is 15.9 Å². The summed E-state index contributed by atoms with van der Waals surface area (Å²) in [5, 5.41) is 3.52. The van der Waals surface area contributed by atoms with Crippen LogP contribution in [0.3, 0.4) is 0 Å². The number of ether oxygens (including phenoxy) is 2. The van der Waals surface area contributed by atoms with E-state index in [1.54, 1.807) is 0 Å². The first-order valence-corrected chi connectivity index (χ1v) is 7.39. The summed E-state index contributed by atoms with van der Waals surface area (Å²) < 4.78 is 11.8. The largest absolute Gasteiger partial charge is 0.454 e. The second-order valence-corrected chi connectivity index (χ2v) is 5.66. The van der Waals surface area contributed by atoms with Crippen LogP contribution in [0.25, 0.3) is 0 Å². The number of nitrogens with one attached hydrogen (secondary N) is 1. The summed E-state index contributed by atoms with van der Waals surface area (Å²) in [5.74, 6) is 1.62. The van der Waals surface area contributed by atoms with E-state index in [9.17, 15) is 0 Å². The number of benzene rings is 2. The van der Waals surface area contributed by atoms with E-state index in [1.165, 1.54) is 5.56 Å². The average Bonchev–Trinajstić information content (AvgIpc) is 2.92. The highest BCUT2D eigenvalue weighted by molar-refractivity contribution is 9.10. The van der Waals surface area contributed by atoms with Gasteiger partial charge in [0.15, 0.2) is 11.5 Å². The van der Waals surface area contributed by atoms with Gasteiger partial charge in [-0.1, -0.05) is 46.3 Å².